The lowest BCUT2D eigenvalue weighted by Gasteiger charge is -2.12. The second-order valence-electron chi connectivity index (χ2n) is 3.77. The van der Waals surface area contributed by atoms with Gasteiger partial charge in [-0.3, -0.25) is 4.72 Å². The molecule has 0 aromatic heterocycles. The van der Waals surface area contributed by atoms with E-state index in [0.717, 1.165) is 24.5 Å². The molecule has 1 aromatic rings. The Morgan fingerprint density at radius 2 is 1.76 bits per heavy atom. The fraction of sp³-hybridized carbons (Fsp3) is 0.0833. The maximum absolute atomic E-state index is 13.3. The molecule has 106 valence electrons. The lowest BCUT2D eigenvalue weighted by atomic mass is 10.2. The minimum Gasteiger partial charge on any atom is -0.343 e. The Kier molecular flexibility index (Phi) is 4.85. The lowest BCUT2D eigenvalue weighted by Crippen LogP contribution is -2.12. The van der Waals surface area contributed by atoms with E-state index in [9.17, 15) is 12.8 Å². The number of rotatable bonds is 4. The first-order chi connectivity index (χ1) is 9.80. The Balaban J connectivity index is 3.35. The van der Waals surface area contributed by atoms with Crippen molar-refractivity contribution in [2.45, 2.75) is 0 Å². The molecule has 1 aromatic carbocycles. The summed E-state index contributed by atoms with van der Waals surface area (Å²) in [6.45, 7) is 0. The van der Waals surface area contributed by atoms with Gasteiger partial charge in [-0.15, -0.1) is 0 Å². The molecule has 1 rings (SSSR count). The Hall–Kier alpha value is -3.09. The van der Waals surface area contributed by atoms with Crippen LogP contribution in [0.15, 0.2) is 29.5 Å². The van der Waals surface area contributed by atoms with Crippen molar-refractivity contribution in [2.24, 2.45) is 0 Å². The van der Waals surface area contributed by atoms with Crippen LogP contribution in [0.2, 0.25) is 0 Å². The van der Waals surface area contributed by atoms with Crippen LogP contribution >= 0.6 is 0 Å². The Morgan fingerprint density at radius 3 is 2.24 bits per heavy atom. The third-order valence-electron chi connectivity index (χ3n) is 2.12. The first-order valence-corrected chi connectivity index (χ1v) is 7.18. The molecule has 21 heavy (non-hydrogen) atoms. The maximum Gasteiger partial charge on any atom is 0.229 e. The van der Waals surface area contributed by atoms with Crippen LogP contribution in [0.25, 0.3) is 0 Å². The standard InChI is InChI=1S/C12H8FN5O2S/c1-21(19,20)18-10-3-2-9(13)4-11(10)17-12(7-16)8(5-14)6-15/h2-4,17-18H,1H3. The topological polar surface area (TPSA) is 130 Å². The third-order valence-corrected chi connectivity index (χ3v) is 2.71. The largest absolute Gasteiger partial charge is 0.343 e. The van der Waals surface area contributed by atoms with Gasteiger partial charge < -0.3 is 5.32 Å². The molecular weight excluding hydrogens is 297 g/mol. The molecule has 9 heteroatoms. The van der Waals surface area contributed by atoms with Crippen molar-refractivity contribution < 1.29 is 12.8 Å². The van der Waals surface area contributed by atoms with E-state index in [0.29, 0.717) is 0 Å². The highest BCUT2D eigenvalue weighted by molar-refractivity contribution is 7.92. The van der Waals surface area contributed by atoms with Crippen LogP contribution in [0.3, 0.4) is 0 Å². The minimum absolute atomic E-state index is 0.0260. The zero-order valence-corrected chi connectivity index (χ0v) is 11.5. The van der Waals surface area contributed by atoms with E-state index in [2.05, 4.69) is 10.0 Å². The molecule has 0 saturated carbocycles. The second kappa shape index (κ2) is 6.38. The molecule has 7 nitrogen and oxygen atoms in total. The zero-order chi connectivity index (χ0) is 16.0. The first-order valence-electron chi connectivity index (χ1n) is 5.29. The van der Waals surface area contributed by atoms with Crippen molar-refractivity contribution in [3.05, 3.63) is 35.3 Å². The molecular formula is C12H8FN5O2S. The van der Waals surface area contributed by atoms with Gasteiger partial charge in [0.2, 0.25) is 10.0 Å². The van der Waals surface area contributed by atoms with E-state index in [1.165, 1.54) is 12.1 Å². The van der Waals surface area contributed by atoms with Crippen molar-refractivity contribution in [2.75, 3.05) is 16.3 Å². The molecule has 0 spiro atoms. The number of halogens is 1. The molecule has 0 bridgehead atoms. The molecule has 0 unspecified atom stereocenters. The summed E-state index contributed by atoms with van der Waals surface area (Å²) in [5.74, 6) is -0.690. The number of hydrogen-bond acceptors (Lipinski definition) is 6. The van der Waals surface area contributed by atoms with Crippen LogP contribution < -0.4 is 10.0 Å². The van der Waals surface area contributed by atoms with Gasteiger partial charge in [-0.25, -0.2) is 12.8 Å². The van der Waals surface area contributed by atoms with Gasteiger partial charge in [0.25, 0.3) is 0 Å². The van der Waals surface area contributed by atoms with Crippen LogP contribution in [0.5, 0.6) is 0 Å². The Morgan fingerprint density at radius 1 is 1.14 bits per heavy atom. The van der Waals surface area contributed by atoms with Crippen LogP contribution in [0, 0.1) is 39.8 Å². The predicted molar refractivity (Wildman–Crippen MR) is 72.4 cm³/mol. The quantitative estimate of drug-likeness (QED) is 0.809. The molecule has 0 heterocycles. The molecule has 0 fully saturated rings. The smallest absolute Gasteiger partial charge is 0.229 e. The molecule has 0 aliphatic heterocycles. The summed E-state index contributed by atoms with van der Waals surface area (Å²) in [5, 5.41) is 28.7. The van der Waals surface area contributed by atoms with Crippen LogP contribution in [0.1, 0.15) is 0 Å². The first kappa shape index (κ1) is 16.0. The second-order valence-corrected chi connectivity index (χ2v) is 5.52. The highest BCUT2D eigenvalue weighted by Crippen LogP contribution is 2.25. The summed E-state index contributed by atoms with van der Waals surface area (Å²) in [5.41, 5.74) is -1.05. The average molecular weight is 305 g/mol. The summed E-state index contributed by atoms with van der Waals surface area (Å²) in [7, 11) is -3.63. The minimum atomic E-state index is -3.63. The Bertz CT molecular complexity index is 809. The zero-order valence-electron chi connectivity index (χ0n) is 10.7. The monoisotopic (exact) mass is 305 g/mol. The fourth-order valence-corrected chi connectivity index (χ4v) is 1.90. The van der Waals surface area contributed by atoms with Gasteiger partial charge in [0.1, 0.15) is 29.7 Å². The van der Waals surface area contributed by atoms with Gasteiger partial charge in [0.05, 0.1) is 17.6 Å². The van der Waals surface area contributed by atoms with Gasteiger partial charge in [-0.05, 0) is 18.2 Å². The normalized spacial score (nSPS) is 9.67. The molecule has 0 saturated heterocycles. The summed E-state index contributed by atoms with van der Waals surface area (Å²) in [4.78, 5) is 0. The van der Waals surface area contributed by atoms with Crippen molar-refractivity contribution in [1.82, 2.24) is 0 Å². The summed E-state index contributed by atoms with van der Waals surface area (Å²) < 4.78 is 37.8. The van der Waals surface area contributed by atoms with Crippen LogP contribution in [-0.2, 0) is 10.0 Å². The highest BCUT2D eigenvalue weighted by atomic mass is 32.2. The predicted octanol–water partition coefficient (Wildman–Crippen LogP) is 1.43. The van der Waals surface area contributed by atoms with E-state index in [4.69, 9.17) is 15.8 Å². The SMILES string of the molecule is CS(=O)(=O)Nc1ccc(F)cc1NC(C#N)=C(C#N)C#N. The molecule has 0 aliphatic rings. The summed E-state index contributed by atoms with van der Waals surface area (Å²) >= 11 is 0. The molecule has 0 radical (unpaired) electrons. The van der Waals surface area contributed by atoms with Gasteiger partial charge in [-0.1, -0.05) is 0 Å². The molecule has 0 atom stereocenters. The van der Waals surface area contributed by atoms with Gasteiger partial charge in [-0.2, -0.15) is 15.8 Å². The van der Waals surface area contributed by atoms with Crippen LogP contribution in [0.4, 0.5) is 15.8 Å². The molecule has 0 amide bonds. The van der Waals surface area contributed by atoms with Gasteiger partial charge in [0, 0.05) is 0 Å². The summed E-state index contributed by atoms with van der Waals surface area (Å²) in [6.07, 6.45) is 0.900. The van der Waals surface area contributed by atoms with Gasteiger partial charge in [0.15, 0.2) is 5.57 Å². The van der Waals surface area contributed by atoms with E-state index in [-0.39, 0.29) is 11.4 Å². The number of nitrogens with one attached hydrogen (secondary N) is 2. The number of anilines is 2. The van der Waals surface area contributed by atoms with Crippen molar-refractivity contribution in [3.8, 4) is 18.2 Å². The van der Waals surface area contributed by atoms with Gasteiger partial charge >= 0.3 is 0 Å². The third kappa shape index (κ3) is 4.50. The fourth-order valence-electron chi connectivity index (χ4n) is 1.33. The molecule has 2 N–H and O–H groups in total. The number of nitriles is 3. The number of hydrogen-bond donors (Lipinski definition) is 2. The number of benzene rings is 1. The van der Waals surface area contributed by atoms with Crippen molar-refractivity contribution >= 4 is 21.4 Å². The molecule has 0 aliphatic carbocycles. The van der Waals surface area contributed by atoms with Crippen LogP contribution in [-0.4, -0.2) is 14.7 Å². The van der Waals surface area contributed by atoms with Crippen molar-refractivity contribution in [3.63, 3.8) is 0 Å². The number of sulfonamides is 1. The average Bonchev–Trinajstić information content (AvgIpc) is 2.40. The van der Waals surface area contributed by atoms with E-state index < -0.39 is 27.1 Å². The Labute approximate surface area is 120 Å². The summed E-state index contributed by atoms with van der Waals surface area (Å²) in [6, 6.07) is 7.69. The van der Waals surface area contributed by atoms with Crippen molar-refractivity contribution in [1.29, 1.82) is 15.8 Å². The number of allylic oxidation sites excluding steroid dienone is 2. The number of nitrogens with zero attached hydrogens (tertiary/aromatic N) is 3. The highest BCUT2D eigenvalue weighted by Gasteiger charge is 2.12. The lowest BCUT2D eigenvalue weighted by molar-refractivity contribution is 0.606. The van der Waals surface area contributed by atoms with E-state index >= 15 is 0 Å². The maximum atomic E-state index is 13.3. The van der Waals surface area contributed by atoms with E-state index in [1.807, 2.05) is 0 Å². The van der Waals surface area contributed by atoms with E-state index in [1.54, 1.807) is 6.07 Å².